The first-order valence-corrected chi connectivity index (χ1v) is 4.45. The normalized spacial score (nSPS) is 15.1. The summed E-state index contributed by atoms with van der Waals surface area (Å²) < 4.78 is 29.2. The third-order valence-corrected chi connectivity index (χ3v) is 2.19. The number of rotatable bonds is 4. The Morgan fingerprint density at radius 1 is 1.70 bits per heavy atom. The van der Waals surface area contributed by atoms with Crippen LogP contribution in [0.15, 0.2) is 0 Å². The molecule has 0 fully saturated rings. The molecule has 0 aromatic heterocycles. The Labute approximate surface area is 60.3 Å². The minimum atomic E-state index is -4.01. The Morgan fingerprint density at radius 3 is 2.30 bits per heavy atom. The van der Waals surface area contributed by atoms with Crippen molar-refractivity contribution in [3.63, 3.8) is 0 Å². The third kappa shape index (κ3) is 3.11. The Morgan fingerprint density at radius 2 is 2.20 bits per heavy atom. The van der Waals surface area contributed by atoms with E-state index in [-0.39, 0.29) is 0 Å². The van der Waals surface area contributed by atoms with Crippen LogP contribution in [0.25, 0.3) is 0 Å². The third-order valence-electron chi connectivity index (χ3n) is 1.10. The molecule has 0 spiro atoms. The van der Waals surface area contributed by atoms with E-state index >= 15 is 0 Å². The van der Waals surface area contributed by atoms with Crippen LogP contribution in [-0.4, -0.2) is 18.3 Å². The molecule has 1 unspecified atom stereocenters. The van der Waals surface area contributed by atoms with Crippen LogP contribution >= 0.6 is 0 Å². The van der Waals surface area contributed by atoms with E-state index in [9.17, 15) is 8.42 Å². The first-order chi connectivity index (χ1) is 4.52. The second kappa shape index (κ2) is 3.87. The van der Waals surface area contributed by atoms with Gasteiger partial charge in [0.1, 0.15) is 5.37 Å². The predicted octanol–water partition coefficient (Wildman–Crippen LogP) is -0.536. The van der Waals surface area contributed by atoms with Gasteiger partial charge in [-0.25, -0.2) is 5.43 Å². The molecule has 0 heterocycles. The highest BCUT2D eigenvalue weighted by Gasteiger charge is 2.19. The summed E-state index contributed by atoms with van der Waals surface area (Å²) >= 11 is 0. The molecule has 62 valence electrons. The average molecular weight is 168 g/mol. The highest BCUT2D eigenvalue weighted by molar-refractivity contribution is 7.86. The van der Waals surface area contributed by atoms with Crippen molar-refractivity contribution in [2.75, 3.05) is 0 Å². The fourth-order valence-electron chi connectivity index (χ4n) is 0.580. The van der Waals surface area contributed by atoms with E-state index < -0.39 is 15.5 Å². The monoisotopic (exact) mass is 168 g/mol. The number of hydrazine groups is 1. The van der Waals surface area contributed by atoms with E-state index in [0.717, 1.165) is 0 Å². The lowest BCUT2D eigenvalue weighted by Crippen LogP contribution is -2.40. The summed E-state index contributed by atoms with van der Waals surface area (Å²) in [6.45, 7) is 1.80. The van der Waals surface area contributed by atoms with Gasteiger partial charge in [0, 0.05) is 0 Å². The van der Waals surface area contributed by atoms with E-state index in [4.69, 9.17) is 10.4 Å². The molecule has 6 heteroatoms. The van der Waals surface area contributed by atoms with Crippen molar-refractivity contribution < 1.29 is 13.0 Å². The lowest BCUT2D eigenvalue weighted by Gasteiger charge is -2.09. The fourth-order valence-corrected chi connectivity index (χ4v) is 1.29. The summed E-state index contributed by atoms with van der Waals surface area (Å²) in [4.78, 5) is 0. The Kier molecular flexibility index (Phi) is 3.80. The van der Waals surface area contributed by atoms with E-state index in [1.54, 1.807) is 6.92 Å². The molecule has 1 atom stereocenters. The lowest BCUT2D eigenvalue weighted by atomic mass is 10.3. The smallest absolute Gasteiger partial charge is 0.282 e. The molecule has 0 rings (SSSR count). The molecule has 4 N–H and O–H groups in total. The molecule has 0 saturated carbocycles. The Hall–Kier alpha value is -0.170. The van der Waals surface area contributed by atoms with Crippen LogP contribution in [0.3, 0.4) is 0 Å². The van der Waals surface area contributed by atoms with Crippen molar-refractivity contribution in [3.8, 4) is 0 Å². The molecule has 0 radical (unpaired) electrons. The van der Waals surface area contributed by atoms with Gasteiger partial charge in [-0.2, -0.15) is 8.42 Å². The second-order valence-electron chi connectivity index (χ2n) is 1.96. The molecule has 0 aliphatic carbocycles. The summed E-state index contributed by atoms with van der Waals surface area (Å²) in [5.41, 5.74) is 2.00. The van der Waals surface area contributed by atoms with E-state index in [2.05, 4.69) is 0 Å². The van der Waals surface area contributed by atoms with Gasteiger partial charge in [0.15, 0.2) is 0 Å². The molecule has 0 amide bonds. The number of hydrogen-bond acceptors (Lipinski definition) is 4. The topological polar surface area (TPSA) is 92.4 Å². The van der Waals surface area contributed by atoms with Gasteiger partial charge in [-0.05, 0) is 6.42 Å². The van der Waals surface area contributed by atoms with E-state index in [1.165, 1.54) is 0 Å². The number of nitrogens with one attached hydrogen (secondary N) is 1. The summed E-state index contributed by atoms with van der Waals surface area (Å²) in [7, 11) is -4.01. The Bertz CT molecular complexity index is 177. The van der Waals surface area contributed by atoms with Crippen LogP contribution in [0, 0.1) is 0 Å². The van der Waals surface area contributed by atoms with Crippen LogP contribution in [0.5, 0.6) is 0 Å². The molecule has 5 nitrogen and oxygen atoms in total. The SMILES string of the molecule is CCCC(NN)S(=O)(=O)O. The minimum Gasteiger partial charge on any atom is -0.284 e. The van der Waals surface area contributed by atoms with Gasteiger partial charge in [0.05, 0.1) is 0 Å². The van der Waals surface area contributed by atoms with Gasteiger partial charge < -0.3 is 0 Å². The average Bonchev–Trinajstić information content (AvgIpc) is 1.80. The maximum Gasteiger partial charge on any atom is 0.282 e. The van der Waals surface area contributed by atoms with Crippen molar-refractivity contribution in [2.24, 2.45) is 5.84 Å². The molecule has 0 aliphatic rings. The molecule has 10 heavy (non-hydrogen) atoms. The minimum absolute atomic E-state index is 0.315. The zero-order chi connectivity index (χ0) is 8.20. The maximum atomic E-state index is 10.4. The number of hydrogen-bond donors (Lipinski definition) is 3. The maximum absolute atomic E-state index is 10.4. The summed E-state index contributed by atoms with van der Waals surface area (Å²) in [6.07, 6.45) is 0.962. The molecule has 0 bridgehead atoms. The second-order valence-corrected chi connectivity index (χ2v) is 3.56. The van der Waals surface area contributed by atoms with Crippen LogP contribution in [-0.2, 0) is 10.1 Å². The van der Waals surface area contributed by atoms with Crippen LogP contribution in [0.2, 0.25) is 0 Å². The highest BCUT2D eigenvalue weighted by atomic mass is 32.2. The predicted molar refractivity (Wildman–Crippen MR) is 37.6 cm³/mol. The van der Waals surface area contributed by atoms with Crippen molar-refractivity contribution in [3.05, 3.63) is 0 Å². The van der Waals surface area contributed by atoms with Crippen molar-refractivity contribution in [1.29, 1.82) is 0 Å². The van der Waals surface area contributed by atoms with Crippen molar-refractivity contribution in [1.82, 2.24) is 5.43 Å². The van der Waals surface area contributed by atoms with Gasteiger partial charge >= 0.3 is 0 Å². The van der Waals surface area contributed by atoms with Crippen molar-refractivity contribution >= 4 is 10.1 Å². The number of nitrogens with two attached hydrogens (primary N) is 1. The molecule has 0 aliphatic heterocycles. The van der Waals surface area contributed by atoms with Gasteiger partial charge in [-0.3, -0.25) is 10.4 Å². The molecule has 0 aromatic carbocycles. The molecular weight excluding hydrogens is 156 g/mol. The quantitative estimate of drug-likeness (QED) is 0.298. The van der Waals surface area contributed by atoms with Gasteiger partial charge in [0.25, 0.3) is 10.1 Å². The van der Waals surface area contributed by atoms with Crippen LogP contribution < -0.4 is 11.3 Å². The van der Waals surface area contributed by atoms with E-state index in [1.807, 2.05) is 5.43 Å². The van der Waals surface area contributed by atoms with Gasteiger partial charge in [-0.15, -0.1) is 0 Å². The summed E-state index contributed by atoms with van der Waals surface area (Å²) in [5, 5.41) is -1.03. The summed E-state index contributed by atoms with van der Waals surface area (Å²) in [5.74, 6) is 4.86. The van der Waals surface area contributed by atoms with E-state index in [0.29, 0.717) is 12.8 Å². The Balaban J connectivity index is 4.08. The largest absolute Gasteiger partial charge is 0.284 e. The van der Waals surface area contributed by atoms with Crippen LogP contribution in [0.1, 0.15) is 19.8 Å². The zero-order valence-electron chi connectivity index (χ0n) is 5.74. The van der Waals surface area contributed by atoms with Crippen LogP contribution in [0.4, 0.5) is 0 Å². The van der Waals surface area contributed by atoms with Gasteiger partial charge in [0.2, 0.25) is 0 Å². The fraction of sp³-hybridized carbons (Fsp3) is 1.00. The first kappa shape index (κ1) is 9.83. The van der Waals surface area contributed by atoms with Crippen molar-refractivity contribution in [2.45, 2.75) is 25.1 Å². The highest BCUT2D eigenvalue weighted by Crippen LogP contribution is 2.01. The standard InChI is InChI=1S/C4H12N2O3S/c1-2-3-4(6-5)10(7,8)9/h4,6H,2-3,5H2,1H3,(H,7,8,9). The molecule has 0 saturated heterocycles. The summed E-state index contributed by atoms with van der Waals surface area (Å²) in [6, 6.07) is 0. The lowest BCUT2D eigenvalue weighted by molar-refractivity contribution is 0.443. The van der Waals surface area contributed by atoms with Gasteiger partial charge in [-0.1, -0.05) is 13.3 Å². The first-order valence-electron chi connectivity index (χ1n) is 2.94. The molecule has 0 aromatic rings. The zero-order valence-corrected chi connectivity index (χ0v) is 6.56. The molecular formula is C4H12N2O3S.